The predicted octanol–water partition coefficient (Wildman–Crippen LogP) is 3.42. The number of likely N-dealkylation sites (N-methyl/N-ethyl adjacent to an activating group) is 1. The number of hydrogen-bond acceptors (Lipinski definition) is 4. The van der Waals surface area contributed by atoms with Crippen LogP contribution in [0, 0.1) is 5.82 Å². The molecule has 0 radical (unpaired) electrons. The summed E-state index contributed by atoms with van der Waals surface area (Å²) in [4.78, 5) is 31.5. The molecule has 0 spiro atoms. The summed E-state index contributed by atoms with van der Waals surface area (Å²) in [5, 5.41) is 0. The maximum Gasteiger partial charge on any atom is 0.327 e. The van der Waals surface area contributed by atoms with E-state index in [-0.39, 0.29) is 24.3 Å². The zero-order valence-corrected chi connectivity index (χ0v) is 14.3. The van der Waals surface area contributed by atoms with Gasteiger partial charge in [-0.2, -0.15) is 0 Å². The maximum atomic E-state index is 13.1. The first-order chi connectivity index (χ1) is 12.4. The zero-order valence-electron chi connectivity index (χ0n) is 14.3. The first-order valence-electron chi connectivity index (χ1n) is 8.17. The lowest BCUT2D eigenvalue weighted by Crippen LogP contribution is -2.30. The van der Waals surface area contributed by atoms with Crippen molar-refractivity contribution in [2.24, 2.45) is 0 Å². The fourth-order valence-corrected chi connectivity index (χ4v) is 2.96. The third kappa shape index (κ3) is 2.61. The normalized spacial score (nSPS) is 17.6. The number of aromatic nitrogens is 1. The molecule has 1 aliphatic heterocycles. The van der Waals surface area contributed by atoms with Crippen molar-refractivity contribution < 1.29 is 18.4 Å². The lowest BCUT2D eigenvalue weighted by Gasteiger charge is -2.13. The minimum absolute atomic E-state index is 0.182. The van der Waals surface area contributed by atoms with Crippen LogP contribution in [0.5, 0.6) is 0 Å². The Morgan fingerprint density at radius 3 is 2.54 bits per heavy atom. The number of carbonyl (C=O) groups is 2. The number of oxazole rings is 1. The average Bonchev–Trinajstić information content (AvgIpc) is 3.14. The van der Waals surface area contributed by atoms with Crippen LogP contribution >= 0.6 is 0 Å². The fraction of sp³-hybridized carbons (Fsp3) is 0.211. The van der Waals surface area contributed by atoms with Gasteiger partial charge in [-0.1, -0.05) is 6.07 Å². The van der Waals surface area contributed by atoms with E-state index in [1.807, 2.05) is 0 Å². The van der Waals surface area contributed by atoms with Crippen LogP contribution in [0.2, 0.25) is 0 Å². The highest BCUT2D eigenvalue weighted by atomic mass is 19.1. The molecule has 1 saturated heterocycles. The Balaban J connectivity index is 1.63. The van der Waals surface area contributed by atoms with Crippen molar-refractivity contribution in [3.63, 3.8) is 0 Å². The molecule has 2 heterocycles. The van der Waals surface area contributed by atoms with E-state index in [2.05, 4.69) is 4.98 Å². The zero-order chi connectivity index (χ0) is 18.4. The minimum Gasteiger partial charge on any atom is -0.436 e. The Morgan fingerprint density at radius 2 is 1.88 bits per heavy atom. The highest BCUT2D eigenvalue weighted by Crippen LogP contribution is 2.26. The number of benzene rings is 2. The number of hydrogen-bond donors (Lipinski definition) is 0. The van der Waals surface area contributed by atoms with E-state index >= 15 is 0 Å². The van der Waals surface area contributed by atoms with Crippen molar-refractivity contribution >= 4 is 23.0 Å². The smallest absolute Gasteiger partial charge is 0.327 e. The van der Waals surface area contributed by atoms with Crippen LogP contribution in [0.1, 0.15) is 12.5 Å². The van der Waals surface area contributed by atoms with Gasteiger partial charge in [0.2, 0.25) is 5.89 Å². The van der Waals surface area contributed by atoms with Crippen LogP contribution in [-0.4, -0.2) is 39.8 Å². The number of imide groups is 1. The molecule has 0 bridgehead atoms. The van der Waals surface area contributed by atoms with Gasteiger partial charge < -0.3 is 9.32 Å². The Labute approximate surface area is 148 Å². The number of urea groups is 1. The third-order valence-electron chi connectivity index (χ3n) is 4.62. The van der Waals surface area contributed by atoms with E-state index < -0.39 is 6.04 Å². The van der Waals surface area contributed by atoms with Crippen molar-refractivity contribution in [3.8, 4) is 11.5 Å². The van der Waals surface area contributed by atoms with Gasteiger partial charge in [0.1, 0.15) is 17.4 Å². The summed E-state index contributed by atoms with van der Waals surface area (Å²) in [6.07, 6.45) is 0. The van der Waals surface area contributed by atoms with E-state index in [1.54, 1.807) is 44.3 Å². The summed E-state index contributed by atoms with van der Waals surface area (Å²) in [6, 6.07) is 10.5. The summed E-state index contributed by atoms with van der Waals surface area (Å²) in [5.41, 5.74) is 2.64. The molecule has 26 heavy (non-hydrogen) atoms. The number of carbonyl (C=O) groups excluding carboxylic acids is 2. The summed E-state index contributed by atoms with van der Waals surface area (Å²) in [7, 11) is 1.61. The highest BCUT2D eigenvalue weighted by molar-refractivity contribution is 6.03. The van der Waals surface area contributed by atoms with Gasteiger partial charge in [0.15, 0.2) is 5.58 Å². The molecule has 6 nitrogen and oxygen atoms in total. The van der Waals surface area contributed by atoms with Gasteiger partial charge in [0, 0.05) is 12.6 Å². The van der Waals surface area contributed by atoms with Crippen LogP contribution in [0.25, 0.3) is 22.6 Å². The van der Waals surface area contributed by atoms with Crippen LogP contribution in [0.15, 0.2) is 46.9 Å². The molecular weight excluding hydrogens is 337 g/mol. The van der Waals surface area contributed by atoms with E-state index in [9.17, 15) is 14.0 Å². The van der Waals surface area contributed by atoms with E-state index in [4.69, 9.17) is 4.42 Å². The van der Waals surface area contributed by atoms with Gasteiger partial charge in [-0.25, -0.2) is 14.2 Å². The minimum atomic E-state index is -0.455. The SMILES string of the molecule is CC1C(=O)N(Cc2ccc3oc(-c4ccc(F)cc4)nc3c2)C(=O)N1C. The third-order valence-corrected chi connectivity index (χ3v) is 4.62. The molecule has 0 saturated carbocycles. The van der Waals surface area contributed by atoms with Gasteiger partial charge in [0.05, 0.1) is 6.54 Å². The van der Waals surface area contributed by atoms with E-state index in [1.165, 1.54) is 21.9 Å². The Kier molecular flexibility index (Phi) is 3.72. The van der Waals surface area contributed by atoms with Crippen LogP contribution in [0.3, 0.4) is 0 Å². The Morgan fingerprint density at radius 1 is 1.15 bits per heavy atom. The quantitative estimate of drug-likeness (QED) is 0.677. The van der Waals surface area contributed by atoms with Gasteiger partial charge >= 0.3 is 6.03 Å². The summed E-state index contributed by atoms with van der Waals surface area (Å²) in [5.74, 6) is -0.158. The molecular formula is C19H16FN3O3. The molecule has 132 valence electrons. The monoisotopic (exact) mass is 353 g/mol. The van der Waals surface area contributed by atoms with Gasteiger partial charge in [-0.05, 0) is 48.9 Å². The van der Waals surface area contributed by atoms with E-state index in [0.717, 1.165) is 5.56 Å². The molecule has 7 heteroatoms. The van der Waals surface area contributed by atoms with Crippen LogP contribution in [-0.2, 0) is 11.3 Å². The van der Waals surface area contributed by atoms with Crippen molar-refractivity contribution in [1.29, 1.82) is 0 Å². The Hall–Kier alpha value is -3.22. The van der Waals surface area contributed by atoms with E-state index in [0.29, 0.717) is 22.6 Å². The molecule has 1 fully saturated rings. The second kappa shape index (κ2) is 5.94. The molecule has 2 aromatic carbocycles. The molecule has 3 aromatic rings. The number of rotatable bonds is 3. The summed E-state index contributed by atoms with van der Waals surface area (Å²) < 4.78 is 18.8. The number of halogens is 1. The maximum absolute atomic E-state index is 13.1. The molecule has 1 atom stereocenters. The van der Waals surface area contributed by atoms with Crippen LogP contribution in [0.4, 0.5) is 9.18 Å². The highest BCUT2D eigenvalue weighted by Gasteiger charge is 2.39. The van der Waals surface area contributed by atoms with Gasteiger partial charge in [0.25, 0.3) is 5.91 Å². The molecule has 0 N–H and O–H groups in total. The average molecular weight is 353 g/mol. The number of nitrogens with zero attached hydrogens (tertiary/aromatic N) is 3. The van der Waals surface area contributed by atoms with Crippen molar-refractivity contribution in [1.82, 2.24) is 14.8 Å². The van der Waals surface area contributed by atoms with Crippen LogP contribution < -0.4 is 0 Å². The second-order valence-corrected chi connectivity index (χ2v) is 6.32. The first kappa shape index (κ1) is 16.3. The van der Waals surface area contributed by atoms with Gasteiger partial charge in [-0.15, -0.1) is 0 Å². The molecule has 4 rings (SSSR count). The second-order valence-electron chi connectivity index (χ2n) is 6.32. The fourth-order valence-electron chi connectivity index (χ4n) is 2.96. The molecule has 3 amide bonds. The first-order valence-corrected chi connectivity index (χ1v) is 8.17. The molecule has 1 unspecified atom stereocenters. The summed E-state index contributed by atoms with van der Waals surface area (Å²) >= 11 is 0. The topological polar surface area (TPSA) is 66.7 Å². The standard InChI is InChI=1S/C19H16FN3O3/c1-11-18(24)23(19(25)22(11)2)10-12-3-8-16-15(9-12)21-17(26-16)13-4-6-14(20)7-5-13/h3-9,11H,10H2,1-2H3. The summed E-state index contributed by atoms with van der Waals surface area (Å²) in [6.45, 7) is 1.89. The van der Waals surface area contributed by atoms with Gasteiger partial charge in [-0.3, -0.25) is 9.69 Å². The van der Waals surface area contributed by atoms with Crippen molar-refractivity contribution in [3.05, 3.63) is 53.8 Å². The predicted molar refractivity (Wildman–Crippen MR) is 92.6 cm³/mol. The molecule has 1 aliphatic rings. The van der Waals surface area contributed by atoms with Crippen molar-refractivity contribution in [2.75, 3.05) is 7.05 Å². The lowest BCUT2D eigenvalue weighted by molar-refractivity contribution is -0.128. The van der Waals surface area contributed by atoms with Crippen molar-refractivity contribution in [2.45, 2.75) is 19.5 Å². The molecule has 1 aromatic heterocycles. The lowest BCUT2D eigenvalue weighted by atomic mass is 10.2. The Bertz CT molecular complexity index is 993. The number of fused-ring (bicyclic) bond motifs is 1. The molecule has 0 aliphatic carbocycles. The largest absolute Gasteiger partial charge is 0.436 e. The number of amides is 3.